The summed E-state index contributed by atoms with van der Waals surface area (Å²) in [5.41, 5.74) is 7.85. The number of nitrogens with two attached hydrogens (primary N) is 1. The molecule has 1 atom stereocenters. The second kappa shape index (κ2) is 6.29. The van der Waals surface area contributed by atoms with Crippen LogP contribution in [-0.2, 0) is 0 Å². The average molecular weight is 273 g/mol. The fourth-order valence-electron chi connectivity index (χ4n) is 1.63. The summed E-state index contributed by atoms with van der Waals surface area (Å²) in [6, 6.07) is 7.84. The van der Waals surface area contributed by atoms with E-state index in [-0.39, 0.29) is 11.8 Å². The standard InChI is InChI=1S/C14H19N5O/c1-10-3-5-12(6-4-10)19-9-13(17-18-19)14(20)16-8-11(2)7-15/h3-6,9,11H,7-8,15H2,1-2H3,(H,16,20). The van der Waals surface area contributed by atoms with Gasteiger partial charge in [-0.15, -0.1) is 5.10 Å². The molecule has 0 spiro atoms. The number of carbonyl (C=O) groups excluding carboxylic acids is 1. The highest BCUT2D eigenvalue weighted by Crippen LogP contribution is 2.08. The molecule has 0 bridgehead atoms. The van der Waals surface area contributed by atoms with Gasteiger partial charge in [-0.25, -0.2) is 4.68 Å². The van der Waals surface area contributed by atoms with Crippen LogP contribution in [-0.4, -0.2) is 34.0 Å². The van der Waals surface area contributed by atoms with Gasteiger partial charge < -0.3 is 11.1 Å². The van der Waals surface area contributed by atoms with Crippen molar-refractivity contribution >= 4 is 5.91 Å². The molecule has 1 heterocycles. The van der Waals surface area contributed by atoms with Crippen LogP contribution in [0, 0.1) is 12.8 Å². The first-order valence-corrected chi connectivity index (χ1v) is 6.58. The van der Waals surface area contributed by atoms with Crippen LogP contribution in [0.5, 0.6) is 0 Å². The van der Waals surface area contributed by atoms with Crippen molar-refractivity contribution < 1.29 is 4.79 Å². The molecule has 0 aliphatic rings. The van der Waals surface area contributed by atoms with E-state index in [1.54, 1.807) is 10.9 Å². The second-order valence-corrected chi connectivity index (χ2v) is 4.93. The molecule has 0 aliphatic carbocycles. The van der Waals surface area contributed by atoms with E-state index < -0.39 is 0 Å². The number of aromatic nitrogens is 3. The lowest BCUT2D eigenvalue weighted by atomic mass is 10.2. The predicted molar refractivity (Wildman–Crippen MR) is 76.6 cm³/mol. The van der Waals surface area contributed by atoms with Gasteiger partial charge in [-0.1, -0.05) is 29.8 Å². The molecule has 2 aromatic rings. The van der Waals surface area contributed by atoms with Crippen molar-refractivity contribution in [2.24, 2.45) is 11.7 Å². The number of benzene rings is 1. The van der Waals surface area contributed by atoms with E-state index in [9.17, 15) is 4.79 Å². The Labute approximate surface area is 118 Å². The molecule has 3 N–H and O–H groups in total. The lowest BCUT2D eigenvalue weighted by Gasteiger charge is -2.08. The van der Waals surface area contributed by atoms with Crippen LogP contribution < -0.4 is 11.1 Å². The lowest BCUT2D eigenvalue weighted by molar-refractivity contribution is 0.0943. The van der Waals surface area contributed by atoms with Gasteiger partial charge in [0.05, 0.1) is 11.9 Å². The molecule has 0 aliphatic heterocycles. The van der Waals surface area contributed by atoms with Gasteiger partial charge in [-0.05, 0) is 31.5 Å². The normalized spacial score (nSPS) is 12.2. The van der Waals surface area contributed by atoms with E-state index in [0.717, 1.165) is 5.69 Å². The van der Waals surface area contributed by atoms with Crippen LogP contribution in [0.1, 0.15) is 23.0 Å². The Morgan fingerprint density at radius 1 is 1.40 bits per heavy atom. The molecule has 0 radical (unpaired) electrons. The van der Waals surface area contributed by atoms with Crippen LogP contribution in [0.2, 0.25) is 0 Å². The van der Waals surface area contributed by atoms with Gasteiger partial charge in [0.2, 0.25) is 0 Å². The zero-order valence-corrected chi connectivity index (χ0v) is 11.7. The third-order valence-corrected chi connectivity index (χ3v) is 3.04. The van der Waals surface area contributed by atoms with Gasteiger partial charge >= 0.3 is 0 Å². The number of aryl methyl sites for hydroxylation is 1. The highest BCUT2D eigenvalue weighted by atomic mass is 16.2. The minimum absolute atomic E-state index is 0.233. The Kier molecular flexibility index (Phi) is 4.47. The summed E-state index contributed by atoms with van der Waals surface area (Å²) in [5, 5.41) is 10.6. The van der Waals surface area contributed by atoms with E-state index >= 15 is 0 Å². The van der Waals surface area contributed by atoms with Crippen molar-refractivity contribution in [1.29, 1.82) is 0 Å². The highest BCUT2D eigenvalue weighted by molar-refractivity contribution is 5.91. The fraction of sp³-hybridized carbons (Fsp3) is 0.357. The molecule has 0 fully saturated rings. The quantitative estimate of drug-likeness (QED) is 0.847. The largest absolute Gasteiger partial charge is 0.350 e. The maximum atomic E-state index is 11.9. The van der Waals surface area contributed by atoms with Crippen LogP contribution >= 0.6 is 0 Å². The molecule has 0 saturated heterocycles. The summed E-state index contributed by atoms with van der Waals surface area (Å²) in [5.74, 6) is 0.00903. The maximum absolute atomic E-state index is 11.9. The van der Waals surface area contributed by atoms with Crippen molar-refractivity contribution in [3.05, 3.63) is 41.7 Å². The SMILES string of the molecule is Cc1ccc(-n2cc(C(=O)NCC(C)CN)nn2)cc1. The smallest absolute Gasteiger partial charge is 0.273 e. The number of carbonyl (C=O) groups is 1. The summed E-state index contributed by atoms with van der Waals surface area (Å²) in [6.45, 7) is 5.06. The molecular formula is C14H19N5O. The molecule has 1 amide bonds. The molecule has 1 unspecified atom stereocenters. The van der Waals surface area contributed by atoms with Gasteiger partial charge in [0.25, 0.3) is 5.91 Å². The van der Waals surface area contributed by atoms with Crippen molar-refractivity contribution in [2.75, 3.05) is 13.1 Å². The molecule has 106 valence electrons. The van der Waals surface area contributed by atoms with Crippen LogP contribution in [0.4, 0.5) is 0 Å². The van der Waals surface area contributed by atoms with Crippen LogP contribution in [0.3, 0.4) is 0 Å². The number of rotatable bonds is 5. The van der Waals surface area contributed by atoms with Crippen LogP contribution in [0.15, 0.2) is 30.5 Å². The zero-order chi connectivity index (χ0) is 14.5. The van der Waals surface area contributed by atoms with E-state index in [2.05, 4.69) is 15.6 Å². The van der Waals surface area contributed by atoms with Gasteiger partial charge in [0.15, 0.2) is 5.69 Å². The molecule has 6 heteroatoms. The summed E-state index contributed by atoms with van der Waals surface area (Å²) in [4.78, 5) is 11.9. The number of hydrogen-bond donors (Lipinski definition) is 2. The Morgan fingerprint density at radius 3 is 2.75 bits per heavy atom. The maximum Gasteiger partial charge on any atom is 0.273 e. The third kappa shape index (κ3) is 3.42. The van der Waals surface area contributed by atoms with Crippen molar-refractivity contribution in [3.8, 4) is 5.69 Å². The van der Waals surface area contributed by atoms with Gasteiger partial charge in [0.1, 0.15) is 0 Å². The number of hydrogen-bond acceptors (Lipinski definition) is 4. The zero-order valence-electron chi connectivity index (χ0n) is 11.7. The molecule has 2 rings (SSSR count). The number of nitrogens with zero attached hydrogens (tertiary/aromatic N) is 3. The Morgan fingerprint density at radius 2 is 2.10 bits per heavy atom. The highest BCUT2D eigenvalue weighted by Gasteiger charge is 2.12. The van der Waals surface area contributed by atoms with Crippen LogP contribution in [0.25, 0.3) is 5.69 Å². The first kappa shape index (κ1) is 14.2. The van der Waals surface area contributed by atoms with E-state index in [1.807, 2.05) is 38.1 Å². The summed E-state index contributed by atoms with van der Waals surface area (Å²) < 4.78 is 1.58. The van der Waals surface area contributed by atoms with Gasteiger partial charge in [-0.2, -0.15) is 0 Å². The topological polar surface area (TPSA) is 85.8 Å². The minimum Gasteiger partial charge on any atom is -0.350 e. The lowest BCUT2D eigenvalue weighted by Crippen LogP contribution is -2.31. The van der Waals surface area contributed by atoms with E-state index in [0.29, 0.717) is 18.8 Å². The first-order chi connectivity index (χ1) is 9.60. The minimum atomic E-state index is -0.233. The van der Waals surface area contributed by atoms with Crippen molar-refractivity contribution in [2.45, 2.75) is 13.8 Å². The Hall–Kier alpha value is -2.21. The Bertz CT molecular complexity index is 576. The average Bonchev–Trinajstić information content (AvgIpc) is 2.95. The molecule has 0 saturated carbocycles. The molecule has 6 nitrogen and oxygen atoms in total. The van der Waals surface area contributed by atoms with Crippen molar-refractivity contribution in [3.63, 3.8) is 0 Å². The summed E-state index contributed by atoms with van der Waals surface area (Å²) >= 11 is 0. The van der Waals surface area contributed by atoms with E-state index in [1.165, 1.54) is 5.56 Å². The molecule has 1 aromatic heterocycles. The van der Waals surface area contributed by atoms with Gasteiger partial charge in [-0.3, -0.25) is 4.79 Å². The molecular weight excluding hydrogens is 254 g/mol. The van der Waals surface area contributed by atoms with Crippen molar-refractivity contribution in [1.82, 2.24) is 20.3 Å². The van der Waals surface area contributed by atoms with Gasteiger partial charge in [0, 0.05) is 6.54 Å². The predicted octanol–water partition coefficient (Wildman–Crippen LogP) is 0.900. The van der Waals surface area contributed by atoms with E-state index in [4.69, 9.17) is 5.73 Å². The fourth-order valence-corrected chi connectivity index (χ4v) is 1.63. The second-order valence-electron chi connectivity index (χ2n) is 4.93. The first-order valence-electron chi connectivity index (χ1n) is 6.58. The summed E-state index contributed by atoms with van der Waals surface area (Å²) in [7, 11) is 0. The summed E-state index contributed by atoms with van der Waals surface area (Å²) in [6.07, 6.45) is 1.62. The number of nitrogens with one attached hydrogen (secondary N) is 1. The Balaban J connectivity index is 2.05. The molecule has 20 heavy (non-hydrogen) atoms. The molecule has 1 aromatic carbocycles. The third-order valence-electron chi connectivity index (χ3n) is 3.04. The number of amides is 1. The monoisotopic (exact) mass is 273 g/mol.